The van der Waals surface area contributed by atoms with Gasteiger partial charge < -0.3 is 4.74 Å². The molecule has 0 N–H and O–H groups in total. The van der Waals surface area contributed by atoms with Crippen molar-refractivity contribution in [1.29, 1.82) is 0 Å². The molecule has 0 bridgehead atoms. The molecule has 0 radical (unpaired) electrons. The number of hydrogen-bond acceptors (Lipinski definition) is 3. The van der Waals surface area contributed by atoms with E-state index in [1.807, 2.05) is 54.6 Å². The third-order valence-corrected chi connectivity index (χ3v) is 2.96. The molecule has 2 aromatic carbocycles. The van der Waals surface area contributed by atoms with Gasteiger partial charge in [-0.3, -0.25) is 0 Å². The molecule has 3 rings (SSSR count). The summed E-state index contributed by atoms with van der Waals surface area (Å²) < 4.78 is 7.34. The summed E-state index contributed by atoms with van der Waals surface area (Å²) in [5.74, 6) is 0. The second kappa shape index (κ2) is 6.12. The van der Waals surface area contributed by atoms with Crippen molar-refractivity contribution in [2.45, 2.75) is 6.73 Å². The molecule has 0 fully saturated rings. The highest BCUT2D eigenvalue weighted by molar-refractivity contribution is 5.73. The van der Waals surface area contributed by atoms with Crippen LogP contribution >= 0.6 is 0 Å². The minimum Gasteiger partial charge on any atom is -0.355 e. The monoisotopic (exact) mass is 265 g/mol. The quantitative estimate of drug-likeness (QED) is 0.665. The lowest BCUT2D eigenvalue weighted by Gasteiger charge is -2.01. The van der Waals surface area contributed by atoms with E-state index in [4.69, 9.17) is 4.74 Å². The zero-order valence-corrected chi connectivity index (χ0v) is 11.0. The van der Waals surface area contributed by atoms with E-state index < -0.39 is 0 Å². The smallest absolute Gasteiger partial charge is 0.142 e. The molecule has 3 aromatic rings. The van der Waals surface area contributed by atoms with Crippen molar-refractivity contribution >= 4 is 17.1 Å². The minimum atomic E-state index is 0.402. The number of aromatic nitrogens is 3. The van der Waals surface area contributed by atoms with Gasteiger partial charge in [0.1, 0.15) is 12.2 Å². The third-order valence-electron chi connectivity index (χ3n) is 2.96. The Balaban J connectivity index is 1.54. The summed E-state index contributed by atoms with van der Waals surface area (Å²) >= 11 is 0. The van der Waals surface area contributed by atoms with Crippen LogP contribution in [0.5, 0.6) is 0 Å². The van der Waals surface area contributed by atoms with Crippen LogP contribution in [0.15, 0.2) is 60.7 Å². The van der Waals surface area contributed by atoms with Crippen LogP contribution in [0.2, 0.25) is 0 Å². The second-order valence-electron chi connectivity index (χ2n) is 4.39. The van der Waals surface area contributed by atoms with Gasteiger partial charge in [-0.05, 0) is 17.7 Å². The van der Waals surface area contributed by atoms with Crippen LogP contribution in [0.1, 0.15) is 5.56 Å². The van der Waals surface area contributed by atoms with E-state index in [-0.39, 0.29) is 0 Å². The lowest BCUT2D eigenvalue weighted by atomic mass is 10.2. The normalized spacial score (nSPS) is 11.4. The number of nitrogens with zero attached hydrogens (tertiary/aromatic N) is 3. The average Bonchev–Trinajstić information content (AvgIpc) is 2.91. The van der Waals surface area contributed by atoms with E-state index in [0.29, 0.717) is 13.3 Å². The molecule has 0 aliphatic carbocycles. The number of fused-ring (bicyclic) bond motifs is 1. The van der Waals surface area contributed by atoms with Crippen LogP contribution in [0, 0.1) is 0 Å². The molecular formula is C16H15N3O. The van der Waals surface area contributed by atoms with E-state index >= 15 is 0 Å². The Morgan fingerprint density at radius 3 is 2.70 bits per heavy atom. The molecule has 0 aliphatic rings. The Bertz CT molecular complexity index is 704. The molecule has 0 unspecified atom stereocenters. The molecule has 0 saturated carbocycles. The van der Waals surface area contributed by atoms with Crippen molar-refractivity contribution in [3.05, 3.63) is 66.2 Å². The molecule has 1 aromatic heterocycles. The first-order valence-corrected chi connectivity index (χ1v) is 6.51. The molecule has 100 valence electrons. The Morgan fingerprint density at radius 1 is 1.00 bits per heavy atom. The van der Waals surface area contributed by atoms with E-state index in [1.54, 1.807) is 4.68 Å². The number of rotatable bonds is 5. The summed E-state index contributed by atoms with van der Waals surface area (Å²) in [5.41, 5.74) is 3.04. The van der Waals surface area contributed by atoms with Crippen LogP contribution in [0.3, 0.4) is 0 Å². The largest absolute Gasteiger partial charge is 0.355 e. The maximum absolute atomic E-state index is 5.58. The number of hydrogen-bond donors (Lipinski definition) is 0. The summed E-state index contributed by atoms with van der Waals surface area (Å²) in [7, 11) is 0. The second-order valence-corrected chi connectivity index (χ2v) is 4.39. The van der Waals surface area contributed by atoms with Crippen molar-refractivity contribution in [2.75, 3.05) is 6.61 Å². The zero-order valence-electron chi connectivity index (χ0n) is 11.0. The van der Waals surface area contributed by atoms with E-state index in [0.717, 1.165) is 11.0 Å². The van der Waals surface area contributed by atoms with Gasteiger partial charge in [0.15, 0.2) is 0 Å². The Kier molecular flexibility index (Phi) is 3.85. The summed E-state index contributed by atoms with van der Waals surface area (Å²) in [4.78, 5) is 0. The molecule has 0 atom stereocenters. The molecule has 20 heavy (non-hydrogen) atoms. The number of ether oxygens (including phenoxy) is 1. The molecular weight excluding hydrogens is 250 g/mol. The van der Waals surface area contributed by atoms with Crippen molar-refractivity contribution < 1.29 is 4.74 Å². The van der Waals surface area contributed by atoms with Gasteiger partial charge in [0.05, 0.1) is 12.1 Å². The topological polar surface area (TPSA) is 39.9 Å². The highest BCUT2D eigenvalue weighted by Crippen LogP contribution is 2.09. The van der Waals surface area contributed by atoms with E-state index in [9.17, 15) is 0 Å². The first-order chi connectivity index (χ1) is 9.93. The van der Waals surface area contributed by atoms with Crippen LogP contribution in [-0.4, -0.2) is 21.6 Å². The predicted octanol–water partition coefficient (Wildman–Crippen LogP) is 3.12. The van der Waals surface area contributed by atoms with Crippen LogP contribution in [0.25, 0.3) is 17.1 Å². The fraction of sp³-hybridized carbons (Fsp3) is 0.125. The van der Waals surface area contributed by atoms with Crippen molar-refractivity contribution in [3.8, 4) is 0 Å². The SMILES string of the molecule is C(=Cc1ccccc1)COCn1nnc2ccccc21. The van der Waals surface area contributed by atoms with Crippen molar-refractivity contribution in [3.63, 3.8) is 0 Å². The summed E-state index contributed by atoms with van der Waals surface area (Å²) in [6, 6.07) is 18.0. The molecule has 0 spiro atoms. The Labute approximate surface area is 117 Å². The molecule has 0 saturated heterocycles. The van der Waals surface area contributed by atoms with Gasteiger partial charge in [-0.15, -0.1) is 5.10 Å². The predicted molar refractivity (Wildman–Crippen MR) is 79.0 cm³/mol. The van der Waals surface area contributed by atoms with Gasteiger partial charge in [0.25, 0.3) is 0 Å². The van der Waals surface area contributed by atoms with E-state index in [2.05, 4.69) is 22.4 Å². The summed E-state index contributed by atoms with van der Waals surface area (Å²) in [6.45, 7) is 0.947. The summed E-state index contributed by atoms with van der Waals surface area (Å²) in [6.07, 6.45) is 4.04. The van der Waals surface area contributed by atoms with Crippen LogP contribution < -0.4 is 0 Å². The lowest BCUT2D eigenvalue weighted by molar-refractivity contribution is 0.0931. The Morgan fingerprint density at radius 2 is 1.80 bits per heavy atom. The van der Waals surface area contributed by atoms with E-state index in [1.165, 1.54) is 5.56 Å². The van der Waals surface area contributed by atoms with Crippen LogP contribution in [0.4, 0.5) is 0 Å². The van der Waals surface area contributed by atoms with Gasteiger partial charge in [-0.1, -0.05) is 59.8 Å². The average molecular weight is 265 g/mol. The Hall–Kier alpha value is -2.46. The maximum Gasteiger partial charge on any atom is 0.142 e. The van der Waals surface area contributed by atoms with Crippen molar-refractivity contribution in [2.24, 2.45) is 0 Å². The molecule has 1 heterocycles. The van der Waals surface area contributed by atoms with Gasteiger partial charge in [-0.25, -0.2) is 4.68 Å². The molecule has 4 heteroatoms. The fourth-order valence-corrected chi connectivity index (χ4v) is 1.97. The number of para-hydroxylation sites is 1. The van der Waals surface area contributed by atoms with Crippen LogP contribution in [-0.2, 0) is 11.5 Å². The first-order valence-electron chi connectivity index (χ1n) is 6.51. The van der Waals surface area contributed by atoms with Gasteiger partial charge >= 0.3 is 0 Å². The third kappa shape index (κ3) is 2.92. The highest BCUT2D eigenvalue weighted by atomic mass is 16.5. The molecule has 0 aliphatic heterocycles. The molecule has 0 amide bonds. The zero-order chi connectivity index (χ0) is 13.6. The minimum absolute atomic E-state index is 0.402. The van der Waals surface area contributed by atoms with Gasteiger partial charge in [-0.2, -0.15) is 0 Å². The van der Waals surface area contributed by atoms with Gasteiger partial charge in [0, 0.05) is 0 Å². The number of benzene rings is 2. The fourth-order valence-electron chi connectivity index (χ4n) is 1.97. The standard InChI is InChI=1S/C16H15N3O/c1-2-7-14(8-3-1)9-6-12-20-13-19-16-11-5-4-10-15(16)17-18-19/h1-11H,12-13H2. The highest BCUT2D eigenvalue weighted by Gasteiger charge is 2.01. The first kappa shape index (κ1) is 12.6. The molecule has 4 nitrogen and oxygen atoms in total. The lowest BCUT2D eigenvalue weighted by Crippen LogP contribution is -2.04. The van der Waals surface area contributed by atoms with Crippen molar-refractivity contribution in [1.82, 2.24) is 15.0 Å². The maximum atomic E-state index is 5.58. The van der Waals surface area contributed by atoms with Gasteiger partial charge in [0.2, 0.25) is 0 Å². The summed E-state index contributed by atoms with van der Waals surface area (Å²) in [5, 5.41) is 8.15.